The lowest BCUT2D eigenvalue weighted by Crippen LogP contribution is -2.30. The fourth-order valence-corrected chi connectivity index (χ4v) is 3.69. The molecule has 3 atom stereocenters. The first-order chi connectivity index (χ1) is 8.65. The van der Waals surface area contributed by atoms with Crippen molar-refractivity contribution in [2.45, 2.75) is 45.3 Å². The van der Waals surface area contributed by atoms with E-state index in [1.807, 2.05) is 6.20 Å². The first-order valence-electron chi connectivity index (χ1n) is 7.15. The Labute approximate surface area is 109 Å². The minimum atomic E-state index is 0.440. The highest BCUT2D eigenvalue weighted by atomic mass is 15.3. The fraction of sp³-hybridized carbons (Fsp3) is 0.786. The van der Waals surface area contributed by atoms with Crippen molar-refractivity contribution in [2.24, 2.45) is 17.6 Å². The minimum Gasteiger partial charge on any atom is -0.327 e. The van der Waals surface area contributed by atoms with E-state index in [1.165, 1.54) is 31.6 Å². The van der Waals surface area contributed by atoms with Gasteiger partial charge in [0.1, 0.15) is 0 Å². The van der Waals surface area contributed by atoms with E-state index in [0.29, 0.717) is 12.1 Å². The van der Waals surface area contributed by atoms with E-state index in [-0.39, 0.29) is 0 Å². The molecule has 1 saturated heterocycles. The molecule has 1 aromatic heterocycles. The summed E-state index contributed by atoms with van der Waals surface area (Å²) in [4.78, 5) is 2.56. The van der Waals surface area contributed by atoms with E-state index in [9.17, 15) is 0 Å². The van der Waals surface area contributed by atoms with Crippen molar-refractivity contribution in [1.29, 1.82) is 0 Å². The Morgan fingerprint density at radius 2 is 2.22 bits per heavy atom. The summed E-state index contributed by atoms with van der Waals surface area (Å²) < 4.78 is 2.13. The number of hydrogen-bond acceptors (Lipinski definition) is 3. The van der Waals surface area contributed by atoms with Crippen molar-refractivity contribution in [3.8, 4) is 0 Å². The van der Waals surface area contributed by atoms with Crippen LogP contribution < -0.4 is 5.73 Å². The van der Waals surface area contributed by atoms with Gasteiger partial charge in [-0.05, 0) is 44.6 Å². The lowest BCUT2D eigenvalue weighted by molar-refractivity contribution is 0.285. The first-order valence-corrected chi connectivity index (χ1v) is 7.15. The van der Waals surface area contributed by atoms with E-state index in [0.717, 1.165) is 18.4 Å². The van der Waals surface area contributed by atoms with Crippen molar-refractivity contribution in [1.82, 2.24) is 14.7 Å². The van der Waals surface area contributed by atoms with E-state index in [1.54, 1.807) is 0 Å². The van der Waals surface area contributed by atoms with Crippen molar-refractivity contribution in [3.63, 3.8) is 0 Å². The van der Waals surface area contributed by atoms with Crippen LogP contribution in [0.2, 0.25) is 0 Å². The van der Waals surface area contributed by atoms with Gasteiger partial charge in [0, 0.05) is 37.9 Å². The van der Waals surface area contributed by atoms with Crippen LogP contribution in [0.25, 0.3) is 0 Å². The predicted molar refractivity (Wildman–Crippen MR) is 72.1 cm³/mol. The molecule has 2 heterocycles. The van der Waals surface area contributed by atoms with E-state index in [4.69, 9.17) is 5.73 Å². The van der Waals surface area contributed by atoms with Crippen LogP contribution in [0, 0.1) is 11.8 Å². The summed E-state index contributed by atoms with van der Waals surface area (Å²) in [6, 6.07) is 3.03. The van der Waals surface area contributed by atoms with E-state index >= 15 is 0 Å². The third-order valence-electron chi connectivity index (χ3n) is 4.61. The normalized spacial score (nSPS) is 32.3. The van der Waals surface area contributed by atoms with Crippen LogP contribution in [-0.2, 0) is 6.54 Å². The predicted octanol–water partition coefficient (Wildman–Crippen LogP) is 1.63. The molecule has 0 spiro atoms. The molecule has 4 heteroatoms. The number of rotatable bonds is 3. The average molecular weight is 248 g/mol. The molecule has 0 bridgehead atoms. The Hall–Kier alpha value is -0.870. The number of likely N-dealkylation sites (tertiary alicyclic amines) is 1. The number of nitrogens with zero attached hydrogens (tertiary/aromatic N) is 3. The second kappa shape index (κ2) is 4.67. The van der Waals surface area contributed by atoms with Gasteiger partial charge in [-0.15, -0.1) is 0 Å². The smallest absolute Gasteiger partial charge is 0.0527 e. The molecule has 2 fully saturated rings. The lowest BCUT2D eigenvalue weighted by atomic mass is 9.98. The summed E-state index contributed by atoms with van der Waals surface area (Å²) in [6.07, 6.45) is 4.47. The highest BCUT2D eigenvalue weighted by Crippen LogP contribution is 2.37. The van der Waals surface area contributed by atoms with Gasteiger partial charge in [0.05, 0.1) is 5.69 Å². The summed E-state index contributed by atoms with van der Waals surface area (Å²) in [5.41, 5.74) is 7.52. The van der Waals surface area contributed by atoms with Crippen molar-refractivity contribution >= 4 is 0 Å². The van der Waals surface area contributed by atoms with Crippen LogP contribution in [0.3, 0.4) is 0 Å². The molecular weight excluding hydrogens is 224 g/mol. The Bertz CT molecular complexity index is 412. The topological polar surface area (TPSA) is 47.1 Å². The number of aromatic nitrogens is 2. The first kappa shape index (κ1) is 12.2. The fourth-order valence-electron chi connectivity index (χ4n) is 3.69. The Kier molecular flexibility index (Phi) is 3.16. The summed E-state index contributed by atoms with van der Waals surface area (Å²) in [5.74, 6) is 1.58. The van der Waals surface area contributed by atoms with Gasteiger partial charge in [0.15, 0.2) is 0 Å². The third kappa shape index (κ3) is 2.08. The minimum absolute atomic E-state index is 0.440. The third-order valence-corrected chi connectivity index (χ3v) is 4.61. The van der Waals surface area contributed by atoms with Crippen LogP contribution in [0.5, 0.6) is 0 Å². The Morgan fingerprint density at radius 1 is 1.39 bits per heavy atom. The summed E-state index contributed by atoms with van der Waals surface area (Å²) >= 11 is 0. The molecule has 2 N–H and O–H groups in total. The van der Waals surface area contributed by atoms with Crippen molar-refractivity contribution in [2.75, 3.05) is 13.1 Å². The molecule has 3 rings (SSSR count). The van der Waals surface area contributed by atoms with Gasteiger partial charge in [-0.2, -0.15) is 5.10 Å². The van der Waals surface area contributed by atoms with E-state index in [2.05, 4.69) is 34.6 Å². The molecular formula is C14H24N4. The largest absolute Gasteiger partial charge is 0.327 e. The van der Waals surface area contributed by atoms with Gasteiger partial charge in [-0.1, -0.05) is 0 Å². The zero-order chi connectivity index (χ0) is 12.7. The number of fused-ring (bicyclic) bond motifs is 1. The standard InChI is InChI=1S/C14H24N4/c1-10(2)18-12(5-6-16-18)8-17-7-11-3-4-14(15)13(11)9-17/h5-6,10-11,13-14H,3-4,7-9,15H2,1-2H3. The van der Waals surface area contributed by atoms with Gasteiger partial charge in [-0.3, -0.25) is 9.58 Å². The highest BCUT2D eigenvalue weighted by Gasteiger charge is 2.40. The maximum Gasteiger partial charge on any atom is 0.0527 e. The summed E-state index contributed by atoms with van der Waals surface area (Å²) in [7, 11) is 0. The van der Waals surface area contributed by atoms with Crippen LogP contribution >= 0.6 is 0 Å². The number of hydrogen-bond donors (Lipinski definition) is 1. The zero-order valence-corrected chi connectivity index (χ0v) is 11.4. The maximum absolute atomic E-state index is 6.19. The van der Waals surface area contributed by atoms with Crippen LogP contribution in [-0.4, -0.2) is 33.8 Å². The molecule has 1 saturated carbocycles. The van der Waals surface area contributed by atoms with Crippen molar-refractivity contribution in [3.05, 3.63) is 18.0 Å². The Morgan fingerprint density at radius 3 is 2.94 bits per heavy atom. The highest BCUT2D eigenvalue weighted by molar-refractivity contribution is 5.04. The molecule has 100 valence electrons. The SMILES string of the molecule is CC(C)n1nccc1CN1CC2CCC(N)C2C1. The molecule has 0 amide bonds. The monoisotopic (exact) mass is 248 g/mol. The second-order valence-corrected chi connectivity index (χ2v) is 6.22. The molecule has 0 radical (unpaired) electrons. The molecule has 1 aliphatic heterocycles. The molecule has 1 aliphatic carbocycles. The summed E-state index contributed by atoms with van der Waals surface area (Å²) in [6.45, 7) is 7.80. The van der Waals surface area contributed by atoms with Crippen LogP contribution in [0.1, 0.15) is 38.4 Å². The van der Waals surface area contributed by atoms with Crippen molar-refractivity contribution < 1.29 is 0 Å². The summed E-state index contributed by atoms with van der Waals surface area (Å²) in [5, 5.41) is 4.41. The molecule has 3 unspecified atom stereocenters. The van der Waals surface area contributed by atoms with Gasteiger partial charge in [0.25, 0.3) is 0 Å². The maximum atomic E-state index is 6.19. The molecule has 4 nitrogen and oxygen atoms in total. The van der Waals surface area contributed by atoms with E-state index < -0.39 is 0 Å². The lowest BCUT2D eigenvalue weighted by Gasteiger charge is -2.20. The molecule has 18 heavy (non-hydrogen) atoms. The molecule has 0 aromatic carbocycles. The van der Waals surface area contributed by atoms with Gasteiger partial charge >= 0.3 is 0 Å². The van der Waals surface area contributed by atoms with Crippen LogP contribution in [0.15, 0.2) is 12.3 Å². The molecule has 2 aliphatic rings. The van der Waals surface area contributed by atoms with Crippen LogP contribution in [0.4, 0.5) is 0 Å². The molecule has 1 aromatic rings. The van der Waals surface area contributed by atoms with Gasteiger partial charge in [0.2, 0.25) is 0 Å². The quantitative estimate of drug-likeness (QED) is 0.884. The Balaban J connectivity index is 1.66. The van der Waals surface area contributed by atoms with Gasteiger partial charge < -0.3 is 5.73 Å². The van der Waals surface area contributed by atoms with Gasteiger partial charge in [-0.25, -0.2) is 0 Å². The average Bonchev–Trinajstić information content (AvgIpc) is 2.98. The second-order valence-electron chi connectivity index (χ2n) is 6.22. The zero-order valence-electron chi connectivity index (χ0n) is 11.4. The number of nitrogens with two attached hydrogens (primary N) is 1.